The fraction of sp³-hybridized carbons (Fsp3) is 0.389. The maximum atomic E-state index is 4.58. The van der Waals surface area contributed by atoms with Crippen LogP contribution in [0.5, 0.6) is 0 Å². The molecule has 1 N–H and O–H groups in total. The van der Waals surface area contributed by atoms with Crippen LogP contribution in [0.4, 0.5) is 0 Å². The zero-order chi connectivity index (χ0) is 15.1. The van der Waals surface area contributed by atoms with Gasteiger partial charge in [0.15, 0.2) is 0 Å². The van der Waals surface area contributed by atoms with Gasteiger partial charge in [0, 0.05) is 28.8 Å². The van der Waals surface area contributed by atoms with E-state index in [0.29, 0.717) is 6.04 Å². The number of hydrogen-bond donors (Lipinski definition) is 1. The molecule has 0 aliphatic carbocycles. The molecule has 2 aromatic rings. The summed E-state index contributed by atoms with van der Waals surface area (Å²) in [6.07, 6.45) is 5.02. The van der Waals surface area contributed by atoms with E-state index >= 15 is 0 Å². The van der Waals surface area contributed by atoms with E-state index in [1.54, 1.807) is 0 Å². The molecule has 0 saturated heterocycles. The van der Waals surface area contributed by atoms with Crippen LogP contribution in [-0.2, 0) is 19.3 Å². The lowest BCUT2D eigenvalue weighted by molar-refractivity contribution is 0.516. The first-order chi connectivity index (χ1) is 10.2. The average Bonchev–Trinajstić information content (AvgIpc) is 2.48. The molecule has 3 heteroatoms. The number of rotatable bonds is 7. The number of aryl methyl sites for hydroxylation is 1. The summed E-state index contributed by atoms with van der Waals surface area (Å²) in [5.41, 5.74) is 3.80. The molecule has 1 aromatic carbocycles. The summed E-state index contributed by atoms with van der Waals surface area (Å²) in [4.78, 5) is 4.58. The van der Waals surface area contributed by atoms with Crippen LogP contribution in [-0.4, -0.2) is 17.6 Å². The molecule has 1 atom stereocenters. The van der Waals surface area contributed by atoms with Crippen LogP contribution in [0.1, 0.15) is 30.7 Å². The lowest BCUT2D eigenvalue weighted by Gasteiger charge is -2.18. The topological polar surface area (TPSA) is 24.9 Å². The largest absolute Gasteiger partial charge is 0.314 e. The Labute approximate surface area is 136 Å². The smallest absolute Gasteiger partial charge is 0.0419 e. The molecule has 0 spiro atoms. The maximum Gasteiger partial charge on any atom is 0.0419 e. The summed E-state index contributed by atoms with van der Waals surface area (Å²) in [5.74, 6) is 0. The third-order valence-corrected chi connectivity index (χ3v) is 4.11. The summed E-state index contributed by atoms with van der Waals surface area (Å²) >= 11 is 3.54. The van der Waals surface area contributed by atoms with Crippen molar-refractivity contribution in [2.45, 2.75) is 39.2 Å². The molecule has 2 nitrogen and oxygen atoms in total. The first-order valence-electron chi connectivity index (χ1n) is 7.63. The minimum absolute atomic E-state index is 0.421. The second-order valence-corrected chi connectivity index (χ2v) is 6.22. The molecule has 0 radical (unpaired) electrons. The van der Waals surface area contributed by atoms with Gasteiger partial charge in [0.2, 0.25) is 0 Å². The lowest BCUT2D eigenvalue weighted by Crippen LogP contribution is -2.33. The summed E-state index contributed by atoms with van der Waals surface area (Å²) < 4.78 is 1.14. The molecule has 0 fully saturated rings. The van der Waals surface area contributed by atoms with Crippen molar-refractivity contribution < 1.29 is 0 Å². The molecule has 0 aliphatic heterocycles. The molecule has 21 heavy (non-hydrogen) atoms. The van der Waals surface area contributed by atoms with Crippen LogP contribution in [0.25, 0.3) is 0 Å². The SMILES string of the molecule is CCNC(Cc1cccc(Br)c1)Cc1ccc(CC)cn1. The number of aromatic nitrogens is 1. The molecule has 0 amide bonds. The molecule has 0 aliphatic rings. The molecule has 2 rings (SSSR count). The van der Waals surface area contributed by atoms with Crippen LogP contribution in [0.3, 0.4) is 0 Å². The highest BCUT2D eigenvalue weighted by atomic mass is 79.9. The van der Waals surface area contributed by atoms with Gasteiger partial charge in [-0.25, -0.2) is 0 Å². The van der Waals surface area contributed by atoms with Gasteiger partial charge in [-0.3, -0.25) is 4.98 Å². The Balaban J connectivity index is 2.04. The quantitative estimate of drug-likeness (QED) is 0.813. The molecule has 0 bridgehead atoms. The highest BCUT2D eigenvalue weighted by molar-refractivity contribution is 9.10. The Morgan fingerprint density at radius 2 is 1.95 bits per heavy atom. The third kappa shape index (κ3) is 5.25. The molecule has 112 valence electrons. The maximum absolute atomic E-state index is 4.58. The number of nitrogens with one attached hydrogen (secondary N) is 1. The van der Waals surface area contributed by atoms with E-state index in [1.807, 2.05) is 6.20 Å². The van der Waals surface area contributed by atoms with Crippen LogP contribution in [0.2, 0.25) is 0 Å². The summed E-state index contributed by atoms with van der Waals surface area (Å²) in [5, 5.41) is 3.57. The van der Waals surface area contributed by atoms with Gasteiger partial charge >= 0.3 is 0 Å². The lowest BCUT2D eigenvalue weighted by atomic mass is 10.0. The predicted molar refractivity (Wildman–Crippen MR) is 92.6 cm³/mol. The van der Waals surface area contributed by atoms with E-state index in [4.69, 9.17) is 0 Å². The Hall–Kier alpha value is -1.19. The van der Waals surface area contributed by atoms with E-state index in [-0.39, 0.29) is 0 Å². The highest BCUT2D eigenvalue weighted by Gasteiger charge is 2.10. The summed E-state index contributed by atoms with van der Waals surface area (Å²) in [6, 6.07) is 13.3. The van der Waals surface area contributed by atoms with E-state index in [9.17, 15) is 0 Å². The first kappa shape index (κ1) is 16.2. The zero-order valence-electron chi connectivity index (χ0n) is 12.8. The van der Waals surface area contributed by atoms with Crippen molar-refractivity contribution in [1.29, 1.82) is 0 Å². The van der Waals surface area contributed by atoms with Gasteiger partial charge in [0.1, 0.15) is 0 Å². The van der Waals surface area contributed by atoms with Gasteiger partial charge in [0.05, 0.1) is 0 Å². The standard InChI is InChI=1S/C18H23BrN2/c1-3-14-8-9-17(21-13-14)12-18(20-4-2)11-15-6-5-7-16(19)10-15/h5-10,13,18,20H,3-4,11-12H2,1-2H3. The van der Waals surface area contributed by atoms with Crippen molar-refractivity contribution in [2.24, 2.45) is 0 Å². The number of likely N-dealkylation sites (N-methyl/N-ethyl adjacent to an activating group) is 1. The molecule has 0 saturated carbocycles. The van der Waals surface area contributed by atoms with Crippen molar-refractivity contribution in [2.75, 3.05) is 6.54 Å². The van der Waals surface area contributed by atoms with Gasteiger partial charge < -0.3 is 5.32 Å². The van der Waals surface area contributed by atoms with E-state index in [0.717, 1.165) is 36.0 Å². The zero-order valence-corrected chi connectivity index (χ0v) is 14.4. The van der Waals surface area contributed by atoms with E-state index in [1.165, 1.54) is 11.1 Å². The highest BCUT2D eigenvalue weighted by Crippen LogP contribution is 2.14. The fourth-order valence-corrected chi connectivity index (χ4v) is 2.94. The number of halogens is 1. The number of nitrogens with zero attached hydrogens (tertiary/aromatic N) is 1. The summed E-state index contributed by atoms with van der Waals surface area (Å²) in [7, 11) is 0. The van der Waals surface area contributed by atoms with Crippen molar-refractivity contribution in [3.05, 3.63) is 63.9 Å². The van der Waals surface area contributed by atoms with Gasteiger partial charge in [-0.1, -0.05) is 48.0 Å². The van der Waals surface area contributed by atoms with Gasteiger partial charge in [-0.15, -0.1) is 0 Å². The number of pyridine rings is 1. The van der Waals surface area contributed by atoms with Gasteiger partial charge in [-0.05, 0) is 48.7 Å². The Morgan fingerprint density at radius 3 is 2.57 bits per heavy atom. The number of hydrogen-bond acceptors (Lipinski definition) is 2. The monoisotopic (exact) mass is 346 g/mol. The fourth-order valence-electron chi connectivity index (χ4n) is 2.49. The Morgan fingerprint density at radius 1 is 1.10 bits per heavy atom. The molecule has 1 aromatic heterocycles. The van der Waals surface area contributed by atoms with Crippen LogP contribution >= 0.6 is 15.9 Å². The van der Waals surface area contributed by atoms with Crippen LogP contribution < -0.4 is 5.32 Å². The molecule has 1 unspecified atom stereocenters. The second-order valence-electron chi connectivity index (χ2n) is 5.30. The summed E-state index contributed by atoms with van der Waals surface area (Å²) in [6.45, 7) is 5.29. The minimum Gasteiger partial charge on any atom is -0.314 e. The number of benzene rings is 1. The van der Waals surface area contributed by atoms with Crippen molar-refractivity contribution in [3.63, 3.8) is 0 Å². The third-order valence-electron chi connectivity index (χ3n) is 3.61. The van der Waals surface area contributed by atoms with Gasteiger partial charge in [-0.2, -0.15) is 0 Å². The van der Waals surface area contributed by atoms with E-state index in [2.05, 4.69) is 76.5 Å². The molecule has 1 heterocycles. The van der Waals surface area contributed by atoms with Crippen LogP contribution in [0.15, 0.2) is 47.1 Å². The molecular formula is C18H23BrN2. The normalized spacial score (nSPS) is 12.3. The van der Waals surface area contributed by atoms with E-state index < -0.39 is 0 Å². The van der Waals surface area contributed by atoms with Crippen LogP contribution in [0, 0.1) is 0 Å². The average molecular weight is 347 g/mol. The van der Waals surface area contributed by atoms with Crippen molar-refractivity contribution >= 4 is 15.9 Å². The van der Waals surface area contributed by atoms with Gasteiger partial charge in [0.25, 0.3) is 0 Å². The first-order valence-corrected chi connectivity index (χ1v) is 8.42. The minimum atomic E-state index is 0.421. The Kier molecular flexibility index (Phi) is 6.40. The Bertz CT molecular complexity index is 551. The predicted octanol–water partition coefficient (Wildman–Crippen LogP) is 4.17. The molecular weight excluding hydrogens is 324 g/mol. The second kappa shape index (κ2) is 8.30. The van der Waals surface area contributed by atoms with Crippen molar-refractivity contribution in [3.8, 4) is 0 Å². The van der Waals surface area contributed by atoms with Crippen molar-refractivity contribution in [1.82, 2.24) is 10.3 Å².